The van der Waals surface area contributed by atoms with Gasteiger partial charge in [0.05, 0.1) is 0 Å². The van der Waals surface area contributed by atoms with Crippen LogP contribution in [0.25, 0.3) is 22.6 Å². The highest BCUT2D eigenvalue weighted by atomic mass is 16.1. The van der Waals surface area contributed by atoms with Crippen LogP contribution in [0.15, 0.2) is 23.0 Å². The van der Waals surface area contributed by atoms with E-state index in [1.54, 1.807) is 0 Å². The van der Waals surface area contributed by atoms with Crippen LogP contribution in [-0.4, -0.2) is 19.9 Å². The van der Waals surface area contributed by atoms with E-state index in [0.717, 1.165) is 16.7 Å². The number of benzene rings is 1. The third kappa shape index (κ3) is 1.97. The molecule has 0 radical (unpaired) electrons. The molecule has 0 saturated carbocycles. The van der Waals surface area contributed by atoms with Crippen LogP contribution in [0.4, 0.5) is 5.95 Å². The van der Waals surface area contributed by atoms with Gasteiger partial charge in [0.25, 0.3) is 5.56 Å². The fraction of sp³-hybridized carbons (Fsp3) is 0.154. The smallest absolute Gasteiger partial charge is 0.278 e. The van der Waals surface area contributed by atoms with E-state index in [2.05, 4.69) is 26.0 Å². The maximum Gasteiger partial charge on any atom is 0.278 e. The van der Waals surface area contributed by atoms with Gasteiger partial charge < -0.3 is 10.7 Å². The van der Waals surface area contributed by atoms with Crippen LogP contribution in [0.2, 0.25) is 0 Å². The van der Waals surface area contributed by atoms with E-state index in [1.165, 1.54) is 0 Å². The minimum Gasteiger partial charge on any atom is -0.369 e. The van der Waals surface area contributed by atoms with Crippen LogP contribution in [0.1, 0.15) is 11.1 Å². The van der Waals surface area contributed by atoms with Crippen molar-refractivity contribution in [3.8, 4) is 11.4 Å². The van der Waals surface area contributed by atoms with Gasteiger partial charge in [0.1, 0.15) is 5.82 Å². The molecule has 0 bridgehead atoms. The van der Waals surface area contributed by atoms with Gasteiger partial charge in [0.2, 0.25) is 5.95 Å². The summed E-state index contributed by atoms with van der Waals surface area (Å²) in [5.41, 5.74) is 9.05. The second-order valence-electron chi connectivity index (χ2n) is 4.61. The molecule has 0 aliphatic heterocycles. The first kappa shape index (κ1) is 11.5. The summed E-state index contributed by atoms with van der Waals surface area (Å²) >= 11 is 0. The molecule has 96 valence electrons. The van der Waals surface area contributed by atoms with Crippen LogP contribution in [0, 0.1) is 13.8 Å². The topological polar surface area (TPSA) is 100 Å². The molecule has 2 heterocycles. The largest absolute Gasteiger partial charge is 0.369 e. The Balaban J connectivity index is 2.26. The van der Waals surface area contributed by atoms with E-state index >= 15 is 0 Å². The number of nitrogens with two attached hydrogens (primary N) is 1. The minimum atomic E-state index is -0.314. The lowest BCUT2D eigenvalue weighted by Crippen LogP contribution is -2.10. The third-order valence-electron chi connectivity index (χ3n) is 2.87. The van der Waals surface area contributed by atoms with E-state index in [1.807, 2.05) is 26.0 Å². The van der Waals surface area contributed by atoms with Crippen LogP contribution in [-0.2, 0) is 0 Å². The average Bonchev–Trinajstić information content (AvgIpc) is 2.71. The Morgan fingerprint density at radius 1 is 1.05 bits per heavy atom. The van der Waals surface area contributed by atoms with Gasteiger partial charge in [-0.2, -0.15) is 4.98 Å². The van der Waals surface area contributed by atoms with Gasteiger partial charge in [-0.15, -0.1) is 0 Å². The monoisotopic (exact) mass is 255 g/mol. The lowest BCUT2D eigenvalue weighted by atomic mass is 10.1. The Labute approximate surface area is 108 Å². The standard InChI is InChI=1S/C13H13N5O/c1-6-3-7(2)5-8(4-6)10-15-9-11(16-10)17-13(14)18-12(9)19/h3-5H,1-2H3,(H4,14,15,16,17,18,19). The van der Waals surface area contributed by atoms with Crippen molar-refractivity contribution in [3.05, 3.63) is 39.7 Å². The Morgan fingerprint density at radius 3 is 2.42 bits per heavy atom. The molecule has 0 atom stereocenters. The van der Waals surface area contributed by atoms with Gasteiger partial charge >= 0.3 is 0 Å². The predicted molar refractivity (Wildman–Crippen MR) is 73.8 cm³/mol. The van der Waals surface area contributed by atoms with Gasteiger partial charge in [-0.05, 0) is 26.0 Å². The zero-order valence-corrected chi connectivity index (χ0v) is 10.6. The zero-order chi connectivity index (χ0) is 13.6. The first-order chi connectivity index (χ1) is 9.02. The van der Waals surface area contributed by atoms with Crippen molar-refractivity contribution in [2.75, 3.05) is 5.73 Å². The Hall–Kier alpha value is -2.63. The van der Waals surface area contributed by atoms with Crippen LogP contribution in [0.5, 0.6) is 0 Å². The lowest BCUT2D eigenvalue weighted by molar-refractivity contribution is 1.17. The van der Waals surface area contributed by atoms with Gasteiger partial charge in [0.15, 0.2) is 11.2 Å². The molecule has 3 rings (SSSR count). The highest BCUT2D eigenvalue weighted by Gasteiger charge is 2.10. The highest BCUT2D eigenvalue weighted by molar-refractivity contribution is 5.76. The van der Waals surface area contributed by atoms with E-state index in [-0.39, 0.29) is 11.5 Å². The second kappa shape index (κ2) is 3.94. The van der Waals surface area contributed by atoms with Gasteiger partial charge in [-0.1, -0.05) is 17.2 Å². The summed E-state index contributed by atoms with van der Waals surface area (Å²) in [5.74, 6) is 0.682. The summed E-state index contributed by atoms with van der Waals surface area (Å²) in [6.45, 7) is 4.03. The molecule has 4 N–H and O–H groups in total. The molecule has 2 aromatic heterocycles. The van der Waals surface area contributed by atoms with E-state index in [9.17, 15) is 4.79 Å². The molecule has 0 aliphatic rings. The van der Waals surface area contributed by atoms with Crippen molar-refractivity contribution < 1.29 is 0 Å². The number of aromatic nitrogens is 4. The summed E-state index contributed by atoms with van der Waals surface area (Å²) < 4.78 is 0. The molecule has 0 amide bonds. The van der Waals surface area contributed by atoms with E-state index < -0.39 is 0 Å². The molecule has 0 unspecified atom stereocenters. The highest BCUT2D eigenvalue weighted by Crippen LogP contribution is 2.20. The summed E-state index contributed by atoms with van der Waals surface area (Å²) in [4.78, 5) is 25.5. The third-order valence-corrected chi connectivity index (χ3v) is 2.87. The normalized spacial score (nSPS) is 11.1. The molecule has 3 aromatic rings. The number of fused-ring (bicyclic) bond motifs is 1. The number of rotatable bonds is 1. The van der Waals surface area contributed by atoms with Crippen molar-refractivity contribution in [3.63, 3.8) is 0 Å². The van der Waals surface area contributed by atoms with E-state index in [0.29, 0.717) is 17.0 Å². The van der Waals surface area contributed by atoms with Crippen LogP contribution in [0.3, 0.4) is 0 Å². The van der Waals surface area contributed by atoms with Crippen molar-refractivity contribution in [1.29, 1.82) is 0 Å². The SMILES string of the molecule is Cc1cc(C)cc(-c2nc3nc(N)[nH]c(=O)c3[nH]2)c1. The zero-order valence-electron chi connectivity index (χ0n) is 10.6. The number of imidazole rings is 1. The van der Waals surface area contributed by atoms with E-state index in [4.69, 9.17) is 5.73 Å². The number of H-pyrrole nitrogens is 2. The maximum atomic E-state index is 11.7. The van der Waals surface area contributed by atoms with Crippen molar-refractivity contribution in [1.82, 2.24) is 19.9 Å². The van der Waals surface area contributed by atoms with Gasteiger partial charge in [-0.25, -0.2) is 4.98 Å². The Morgan fingerprint density at radius 2 is 1.74 bits per heavy atom. The molecule has 0 fully saturated rings. The van der Waals surface area contributed by atoms with Gasteiger partial charge in [0, 0.05) is 5.56 Å². The number of nitrogens with one attached hydrogen (secondary N) is 2. The number of nitrogens with zero attached hydrogens (tertiary/aromatic N) is 2. The van der Waals surface area contributed by atoms with Crippen LogP contribution >= 0.6 is 0 Å². The number of anilines is 1. The quantitative estimate of drug-likeness (QED) is 0.613. The molecule has 6 heteroatoms. The fourth-order valence-corrected chi connectivity index (χ4v) is 2.17. The molecule has 1 aromatic carbocycles. The van der Waals surface area contributed by atoms with Gasteiger partial charge in [-0.3, -0.25) is 9.78 Å². The summed E-state index contributed by atoms with van der Waals surface area (Å²) in [7, 11) is 0. The Bertz CT molecular complexity index is 810. The van der Waals surface area contributed by atoms with Crippen molar-refractivity contribution >= 4 is 17.1 Å². The molecule has 0 spiro atoms. The second-order valence-corrected chi connectivity index (χ2v) is 4.61. The van der Waals surface area contributed by atoms with Crippen molar-refractivity contribution in [2.45, 2.75) is 13.8 Å². The molecule has 6 nitrogen and oxygen atoms in total. The average molecular weight is 255 g/mol. The molecule has 19 heavy (non-hydrogen) atoms. The minimum absolute atomic E-state index is 0.0657. The number of hydrogen-bond acceptors (Lipinski definition) is 4. The lowest BCUT2D eigenvalue weighted by Gasteiger charge is -2.01. The summed E-state index contributed by atoms with van der Waals surface area (Å²) in [6.07, 6.45) is 0. The molecular formula is C13H13N5O. The maximum absolute atomic E-state index is 11.7. The summed E-state index contributed by atoms with van der Waals surface area (Å²) in [5, 5.41) is 0. The number of aryl methyl sites for hydroxylation is 2. The molecule has 0 saturated heterocycles. The van der Waals surface area contributed by atoms with Crippen molar-refractivity contribution in [2.24, 2.45) is 0 Å². The first-order valence-electron chi connectivity index (χ1n) is 5.87. The first-order valence-corrected chi connectivity index (χ1v) is 5.87. The number of aromatic amines is 2. The fourth-order valence-electron chi connectivity index (χ4n) is 2.17. The van der Waals surface area contributed by atoms with Crippen LogP contribution < -0.4 is 11.3 Å². The number of nitrogen functional groups attached to an aromatic ring is 1. The molecule has 0 aliphatic carbocycles. The summed E-state index contributed by atoms with van der Waals surface area (Å²) in [6, 6.07) is 6.08. The predicted octanol–water partition coefficient (Wildman–Crippen LogP) is 1.51. The molecular weight excluding hydrogens is 242 g/mol. The number of hydrogen-bond donors (Lipinski definition) is 3. The Kier molecular flexibility index (Phi) is 2.38.